The van der Waals surface area contributed by atoms with Crippen molar-refractivity contribution in [1.29, 1.82) is 0 Å². The van der Waals surface area contributed by atoms with E-state index in [9.17, 15) is 4.79 Å². The minimum absolute atomic E-state index is 0.0798. The molecule has 0 unspecified atom stereocenters. The molecule has 4 nitrogen and oxygen atoms in total. The third kappa shape index (κ3) is 3.64. The van der Waals surface area contributed by atoms with Crippen LogP contribution >= 0.6 is 0 Å². The Bertz CT molecular complexity index is 191. The van der Waals surface area contributed by atoms with Gasteiger partial charge in [-0.3, -0.25) is 4.79 Å². The van der Waals surface area contributed by atoms with E-state index < -0.39 is 0 Å². The van der Waals surface area contributed by atoms with Crippen molar-refractivity contribution in [3.63, 3.8) is 0 Å². The number of ether oxygens (including phenoxy) is 1. The van der Waals surface area contributed by atoms with Crippen molar-refractivity contribution in [2.75, 3.05) is 33.9 Å². The van der Waals surface area contributed by atoms with Crippen molar-refractivity contribution >= 4 is 5.91 Å². The van der Waals surface area contributed by atoms with Gasteiger partial charge < -0.3 is 15.4 Å². The average Bonchev–Trinajstić information content (AvgIpc) is 2.93. The van der Waals surface area contributed by atoms with Crippen LogP contribution in [0, 0.1) is 5.41 Å². The number of rotatable bonds is 7. The van der Waals surface area contributed by atoms with Crippen molar-refractivity contribution in [2.24, 2.45) is 5.41 Å². The van der Waals surface area contributed by atoms with Gasteiger partial charge in [-0.05, 0) is 31.7 Å². The number of likely N-dealkylation sites (N-methyl/N-ethyl adjacent to an activating group) is 1. The summed E-state index contributed by atoms with van der Waals surface area (Å²) in [4.78, 5) is 11.2. The molecule has 0 heterocycles. The first kappa shape index (κ1) is 11.5. The molecule has 1 saturated carbocycles. The van der Waals surface area contributed by atoms with E-state index in [2.05, 4.69) is 10.6 Å². The van der Waals surface area contributed by atoms with Crippen molar-refractivity contribution in [3.05, 3.63) is 0 Å². The summed E-state index contributed by atoms with van der Waals surface area (Å²) in [5, 5.41) is 5.77. The van der Waals surface area contributed by atoms with E-state index >= 15 is 0 Å². The molecular weight excluding hydrogens is 180 g/mol. The fourth-order valence-electron chi connectivity index (χ4n) is 1.52. The minimum atomic E-state index is 0.0798. The molecule has 1 aliphatic rings. The Balaban J connectivity index is 2.13. The van der Waals surface area contributed by atoms with Gasteiger partial charge in [0.2, 0.25) is 5.91 Å². The van der Waals surface area contributed by atoms with E-state index in [1.165, 1.54) is 12.8 Å². The van der Waals surface area contributed by atoms with Crippen LogP contribution in [0.1, 0.15) is 19.3 Å². The number of amides is 1. The second-order valence-electron chi connectivity index (χ2n) is 4.05. The van der Waals surface area contributed by atoms with E-state index in [0.717, 1.165) is 19.6 Å². The molecule has 0 spiro atoms. The molecule has 0 aliphatic heterocycles. The average molecular weight is 200 g/mol. The molecule has 1 rings (SSSR count). The lowest BCUT2D eigenvalue weighted by Gasteiger charge is -2.15. The zero-order valence-electron chi connectivity index (χ0n) is 9.06. The third-order valence-electron chi connectivity index (χ3n) is 2.79. The molecule has 1 amide bonds. The number of nitrogens with one attached hydrogen (secondary N) is 2. The number of carbonyl (C=O) groups excluding carboxylic acids is 1. The van der Waals surface area contributed by atoms with Crippen LogP contribution in [0.4, 0.5) is 0 Å². The molecular formula is C10H20N2O2. The monoisotopic (exact) mass is 200 g/mol. The number of methoxy groups -OCH3 is 1. The van der Waals surface area contributed by atoms with Crippen LogP contribution in [0.5, 0.6) is 0 Å². The van der Waals surface area contributed by atoms with Crippen molar-refractivity contribution < 1.29 is 9.53 Å². The van der Waals surface area contributed by atoms with Crippen LogP contribution in [0.15, 0.2) is 0 Å². The predicted molar refractivity (Wildman–Crippen MR) is 55.1 cm³/mol. The van der Waals surface area contributed by atoms with E-state index in [-0.39, 0.29) is 5.91 Å². The quantitative estimate of drug-likeness (QED) is 0.614. The minimum Gasteiger partial charge on any atom is -0.385 e. The normalized spacial score (nSPS) is 17.9. The molecule has 1 fully saturated rings. The highest BCUT2D eigenvalue weighted by Crippen LogP contribution is 2.48. The van der Waals surface area contributed by atoms with Gasteiger partial charge in [-0.25, -0.2) is 0 Å². The van der Waals surface area contributed by atoms with Crippen LogP contribution in [0.25, 0.3) is 0 Å². The Morgan fingerprint density at radius 1 is 1.50 bits per heavy atom. The van der Waals surface area contributed by atoms with Gasteiger partial charge in [-0.15, -0.1) is 0 Å². The fourth-order valence-corrected chi connectivity index (χ4v) is 1.52. The van der Waals surface area contributed by atoms with Crippen molar-refractivity contribution in [3.8, 4) is 0 Å². The SMILES string of the molecule is CNCC(=O)NCC1(CCOC)CC1. The second-order valence-corrected chi connectivity index (χ2v) is 4.05. The molecule has 0 aromatic carbocycles. The zero-order valence-corrected chi connectivity index (χ0v) is 9.06. The number of hydrogen-bond acceptors (Lipinski definition) is 3. The molecule has 0 saturated heterocycles. The first-order chi connectivity index (χ1) is 6.72. The van der Waals surface area contributed by atoms with Gasteiger partial charge >= 0.3 is 0 Å². The molecule has 0 bridgehead atoms. The van der Waals surface area contributed by atoms with Crippen LogP contribution in [-0.4, -0.2) is 39.8 Å². The number of hydrogen-bond donors (Lipinski definition) is 2. The lowest BCUT2D eigenvalue weighted by molar-refractivity contribution is -0.120. The van der Waals surface area contributed by atoms with Gasteiger partial charge in [-0.2, -0.15) is 0 Å². The molecule has 14 heavy (non-hydrogen) atoms. The summed E-state index contributed by atoms with van der Waals surface area (Å²) in [5.74, 6) is 0.0798. The molecule has 82 valence electrons. The summed E-state index contributed by atoms with van der Waals surface area (Å²) in [5.41, 5.74) is 0.347. The highest BCUT2D eigenvalue weighted by molar-refractivity contribution is 5.78. The Morgan fingerprint density at radius 3 is 2.71 bits per heavy atom. The molecule has 0 radical (unpaired) electrons. The summed E-state index contributed by atoms with van der Waals surface area (Å²) in [6, 6.07) is 0. The van der Waals surface area contributed by atoms with Crippen molar-refractivity contribution in [2.45, 2.75) is 19.3 Å². The predicted octanol–water partition coefficient (Wildman–Crippen LogP) is 0.139. The maximum Gasteiger partial charge on any atom is 0.233 e. The van der Waals surface area contributed by atoms with Gasteiger partial charge in [0.05, 0.1) is 6.54 Å². The fraction of sp³-hybridized carbons (Fsp3) is 0.900. The van der Waals surface area contributed by atoms with Gasteiger partial charge in [0.25, 0.3) is 0 Å². The van der Waals surface area contributed by atoms with Crippen molar-refractivity contribution in [1.82, 2.24) is 10.6 Å². The molecule has 2 N–H and O–H groups in total. The van der Waals surface area contributed by atoms with Crippen LogP contribution in [0.2, 0.25) is 0 Å². The van der Waals surface area contributed by atoms with Crippen LogP contribution < -0.4 is 10.6 Å². The Hall–Kier alpha value is -0.610. The summed E-state index contributed by atoms with van der Waals surface area (Å²) in [7, 11) is 3.49. The largest absolute Gasteiger partial charge is 0.385 e. The summed E-state index contributed by atoms with van der Waals surface area (Å²) in [6.07, 6.45) is 3.50. The second kappa shape index (κ2) is 5.32. The molecule has 1 aliphatic carbocycles. The van der Waals surface area contributed by atoms with Gasteiger partial charge in [0, 0.05) is 20.3 Å². The van der Waals surface area contributed by atoms with E-state index in [1.54, 1.807) is 14.2 Å². The lowest BCUT2D eigenvalue weighted by Crippen LogP contribution is -2.36. The maximum absolute atomic E-state index is 11.2. The van der Waals surface area contributed by atoms with Crippen LogP contribution in [0.3, 0.4) is 0 Å². The maximum atomic E-state index is 11.2. The molecule has 0 atom stereocenters. The Morgan fingerprint density at radius 2 is 2.21 bits per heavy atom. The third-order valence-corrected chi connectivity index (χ3v) is 2.79. The smallest absolute Gasteiger partial charge is 0.233 e. The van der Waals surface area contributed by atoms with E-state index in [0.29, 0.717) is 12.0 Å². The van der Waals surface area contributed by atoms with Gasteiger partial charge in [0.1, 0.15) is 0 Å². The molecule has 0 aromatic rings. The summed E-state index contributed by atoms with van der Waals surface area (Å²) in [6.45, 7) is 2.00. The first-order valence-corrected chi connectivity index (χ1v) is 5.13. The topological polar surface area (TPSA) is 50.4 Å². The first-order valence-electron chi connectivity index (χ1n) is 5.13. The zero-order chi connectivity index (χ0) is 10.4. The summed E-state index contributed by atoms with van der Waals surface area (Å²) < 4.78 is 5.05. The Kier molecular flexibility index (Phi) is 4.35. The van der Waals surface area contributed by atoms with Crippen LogP contribution in [-0.2, 0) is 9.53 Å². The standard InChI is InChI=1S/C10H20N2O2/c1-11-7-9(13)12-8-10(3-4-10)5-6-14-2/h11H,3-8H2,1-2H3,(H,12,13). The Labute approximate surface area is 85.4 Å². The van der Waals surface area contributed by atoms with Gasteiger partial charge in [-0.1, -0.05) is 0 Å². The number of carbonyl (C=O) groups is 1. The van der Waals surface area contributed by atoms with E-state index in [4.69, 9.17) is 4.74 Å². The molecule has 0 aromatic heterocycles. The highest BCUT2D eigenvalue weighted by Gasteiger charge is 2.41. The molecule has 4 heteroatoms. The lowest BCUT2D eigenvalue weighted by atomic mass is 10.0. The summed E-state index contributed by atoms with van der Waals surface area (Å²) >= 11 is 0. The van der Waals surface area contributed by atoms with Gasteiger partial charge in [0.15, 0.2) is 0 Å². The van der Waals surface area contributed by atoms with E-state index in [1.807, 2.05) is 0 Å². The highest BCUT2D eigenvalue weighted by atomic mass is 16.5.